The molecule has 1 aromatic heterocycles. The molecule has 0 N–H and O–H groups in total. The number of imidazole rings is 1. The number of carbonyl (C=O) groups is 1. The minimum absolute atomic E-state index is 0.0786. The van der Waals surface area contributed by atoms with Crippen LogP contribution in [0, 0.1) is 6.92 Å². The summed E-state index contributed by atoms with van der Waals surface area (Å²) in [7, 11) is 1.61. The van der Waals surface area contributed by atoms with Gasteiger partial charge in [-0.15, -0.1) is 0 Å². The molecule has 1 heterocycles. The molecule has 0 radical (unpaired) electrons. The highest BCUT2D eigenvalue weighted by Gasteiger charge is 2.18. The predicted molar refractivity (Wildman–Crippen MR) is 120 cm³/mol. The lowest BCUT2D eigenvalue weighted by Crippen LogP contribution is -2.20. The first-order chi connectivity index (χ1) is 14.6. The van der Waals surface area contributed by atoms with E-state index in [1.807, 2.05) is 24.3 Å². The zero-order valence-corrected chi connectivity index (χ0v) is 17.7. The molecule has 0 fully saturated rings. The third-order valence-electron chi connectivity index (χ3n) is 4.69. The van der Waals surface area contributed by atoms with Gasteiger partial charge in [-0.2, -0.15) is 0 Å². The number of nitrogens with zero attached hydrogens (tertiary/aromatic N) is 2. The molecule has 0 saturated heterocycles. The van der Waals surface area contributed by atoms with Gasteiger partial charge in [-0.1, -0.05) is 53.7 Å². The maximum atomic E-state index is 13.1. The quantitative estimate of drug-likeness (QED) is 0.378. The van der Waals surface area contributed by atoms with Crippen LogP contribution in [0.4, 0.5) is 0 Å². The van der Waals surface area contributed by atoms with Gasteiger partial charge in [-0.25, -0.2) is 4.98 Å². The van der Waals surface area contributed by atoms with Gasteiger partial charge in [0, 0.05) is 5.75 Å². The largest absolute Gasteiger partial charge is 0.497 e. The highest BCUT2D eigenvalue weighted by molar-refractivity contribution is 7.98. The number of hydrogen-bond donors (Lipinski definition) is 0. The number of hydrogen-bond acceptors (Lipinski definition) is 5. The summed E-state index contributed by atoms with van der Waals surface area (Å²) in [5.74, 6) is 1.92. The Balaban J connectivity index is 1.54. The lowest BCUT2D eigenvalue weighted by Gasteiger charge is -2.10. The summed E-state index contributed by atoms with van der Waals surface area (Å²) in [6, 6.07) is 23.2. The Morgan fingerprint density at radius 3 is 2.40 bits per heavy atom. The van der Waals surface area contributed by atoms with Crippen molar-refractivity contribution < 1.29 is 14.3 Å². The van der Waals surface area contributed by atoms with Gasteiger partial charge in [-0.05, 0) is 48.9 Å². The van der Waals surface area contributed by atoms with Crippen molar-refractivity contribution in [3.63, 3.8) is 0 Å². The standard InChI is InChI=1S/C24H22N2O3S/c1-17-7-9-18(10-8-17)16-30-24-25-21-5-3-4-6-22(21)26(24)23(27)15-29-20-13-11-19(28-2)12-14-20/h3-14H,15-16H2,1-2H3. The Morgan fingerprint density at radius 1 is 0.967 bits per heavy atom. The smallest absolute Gasteiger partial charge is 0.271 e. The third-order valence-corrected chi connectivity index (χ3v) is 5.70. The molecule has 5 nitrogen and oxygen atoms in total. The van der Waals surface area contributed by atoms with Crippen LogP contribution < -0.4 is 9.47 Å². The Kier molecular flexibility index (Phi) is 6.05. The van der Waals surface area contributed by atoms with Crippen molar-refractivity contribution in [2.45, 2.75) is 17.8 Å². The van der Waals surface area contributed by atoms with E-state index in [2.05, 4.69) is 36.2 Å². The van der Waals surface area contributed by atoms with Crippen LogP contribution in [0.15, 0.2) is 78.0 Å². The van der Waals surface area contributed by atoms with Gasteiger partial charge in [0.05, 0.1) is 18.1 Å². The van der Waals surface area contributed by atoms with Crippen molar-refractivity contribution in [3.05, 3.63) is 83.9 Å². The van der Waals surface area contributed by atoms with Crippen molar-refractivity contribution in [2.75, 3.05) is 13.7 Å². The first-order valence-electron chi connectivity index (χ1n) is 9.60. The monoisotopic (exact) mass is 418 g/mol. The zero-order chi connectivity index (χ0) is 20.9. The molecule has 0 spiro atoms. The molecule has 0 amide bonds. The average molecular weight is 419 g/mol. The normalized spacial score (nSPS) is 10.9. The number of fused-ring (bicyclic) bond motifs is 1. The molecular weight excluding hydrogens is 396 g/mol. The molecule has 0 aliphatic heterocycles. The van der Waals surface area contributed by atoms with Crippen molar-refractivity contribution >= 4 is 28.7 Å². The van der Waals surface area contributed by atoms with E-state index in [1.54, 1.807) is 47.7 Å². The molecule has 4 aromatic rings. The minimum atomic E-state index is -0.161. The van der Waals surface area contributed by atoms with Crippen LogP contribution in [0.1, 0.15) is 15.9 Å². The summed E-state index contributed by atoms with van der Waals surface area (Å²) >= 11 is 1.55. The first kappa shape index (κ1) is 20.0. The van der Waals surface area contributed by atoms with Crippen molar-refractivity contribution in [2.24, 2.45) is 0 Å². The third kappa shape index (κ3) is 4.49. The van der Waals surface area contributed by atoms with Crippen LogP contribution in [-0.4, -0.2) is 29.2 Å². The average Bonchev–Trinajstić information content (AvgIpc) is 3.16. The Labute approximate surface area is 179 Å². The topological polar surface area (TPSA) is 53.4 Å². The molecule has 0 aliphatic rings. The second-order valence-electron chi connectivity index (χ2n) is 6.85. The first-order valence-corrected chi connectivity index (χ1v) is 10.6. The Hall–Kier alpha value is -3.25. The van der Waals surface area contributed by atoms with E-state index >= 15 is 0 Å². The Morgan fingerprint density at radius 2 is 1.67 bits per heavy atom. The second-order valence-corrected chi connectivity index (χ2v) is 7.79. The minimum Gasteiger partial charge on any atom is -0.497 e. The van der Waals surface area contributed by atoms with Gasteiger partial charge in [-0.3, -0.25) is 9.36 Å². The van der Waals surface area contributed by atoms with E-state index < -0.39 is 0 Å². The summed E-state index contributed by atoms with van der Waals surface area (Å²) in [4.78, 5) is 17.7. The van der Waals surface area contributed by atoms with Crippen LogP contribution in [0.3, 0.4) is 0 Å². The molecule has 4 rings (SSSR count). The number of thioether (sulfide) groups is 1. The van der Waals surface area contributed by atoms with E-state index in [9.17, 15) is 4.79 Å². The summed E-state index contributed by atoms with van der Waals surface area (Å²) in [5, 5.41) is 0.667. The molecule has 3 aromatic carbocycles. The molecule has 0 aliphatic carbocycles. The molecular formula is C24H22N2O3S. The Bertz CT molecular complexity index is 1150. The fraction of sp³-hybridized carbons (Fsp3) is 0.167. The van der Waals surface area contributed by atoms with Crippen LogP contribution in [0.25, 0.3) is 11.0 Å². The SMILES string of the molecule is COc1ccc(OCC(=O)n2c(SCc3ccc(C)cc3)nc3ccccc32)cc1. The van der Waals surface area contributed by atoms with Gasteiger partial charge >= 0.3 is 0 Å². The molecule has 0 atom stereocenters. The van der Waals surface area contributed by atoms with E-state index in [1.165, 1.54) is 11.1 Å². The van der Waals surface area contributed by atoms with Crippen molar-refractivity contribution in [1.29, 1.82) is 0 Å². The number of ether oxygens (including phenoxy) is 2. The molecule has 152 valence electrons. The van der Waals surface area contributed by atoms with Crippen LogP contribution in [-0.2, 0) is 5.75 Å². The number of methoxy groups -OCH3 is 1. The fourth-order valence-electron chi connectivity index (χ4n) is 3.06. The molecule has 30 heavy (non-hydrogen) atoms. The maximum absolute atomic E-state index is 13.1. The number of benzene rings is 3. The molecule has 0 unspecified atom stereocenters. The number of aromatic nitrogens is 2. The van der Waals surface area contributed by atoms with Crippen LogP contribution in [0.2, 0.25) is 0 Å². The van der Waals surface area contributed by atoms with E-state index in [4.69, 9.17) is 9.47 Å². The molecule has 0 saturated carbocycles. The predicted octanol–water partition coefficient (Wildman–Crippen LogP) is 5.36. The highest BCUT2D eigenvalue weighted by Crippen LogP contribution is 2.27. The summed E-state index contributed by atoms with van der Waals surface area (Å²) in [5.41, 5.74) is 3.99. The van der Waals surface area contributed by atoms with Gasteiger partial charge in [0.15, 0.2) is 11.8 Å². The number of carbonyl (C=O) groups excluding carboxylic acids is 1. The lowest BCUT2D eigenvalue weighted by atomic mass is 10.2. The number of aryl methyl sites for hydroxylation is 1. The van der Waals surface area contributed by atoms with Crippen molar-refractivity contribution in [3.8, 4) is 11.5 Å². The van der Waals surface area contributed by atoms with Gasteiger partial charge in [0.25, 0.3) is 5.91 Å². The van der Waals surface area contributed by atoms with Crippen molar-refractivity contribution in [1.82, 2.24) is 9.55 Å². The maximum Gasteiger partial charge on any atom is 0.271 e. The summed E-state index contributed by atoms with van der Waals surface area (Å²) < 4.78 is 12.5. The lowest BCUT2D eigenvalue weighted by molar-refractivity contribution is 0.0832. The fourth-order valence-corrected chi connectivity index (χ4v) is 4.04. The highest BCUT2D eigenvalue weighted by atomic mass is 32.2. The zero-order valence-electron chi connectivity index (χ0n) is 16.9. The van der Waals surface area contributed by atoms with Crippen LogP contribution in [0.5, 0.6) is 11.5 Å². The van der Waals surface area contributed by atoms with E-state index in [0.717, 1.165) is 22.5 Å². The van der Waals surface area contributed by atoms with Gasteiger partial charge < -0.3 is 9.47 Å². The second kappa shape index (κ2) is 9.05. The van der Waals surface area contributed by atoms with Crippen LogP contribution >= 0.6 is 11.8 Å². The summed E-state index contributed by atoms with van der Waals surface area (Å²) in [6.07, 6.45) is 0. The summed E-state index contributed by atoms with van der Waals surface area (Å²) in [6.45, 7) is 1.99. The van der Waals surface area contributed by atoms with Gasteiger partial charge in [0.1, 0.15) is 11.5 Å². The van der Waals surface area contributed by atoms with E-state index in [0.29, 0.717) is 10.9 Å². The molecule has 6 heteroatoms. The van der Waals surface area contributed by atoms with E-state index in [-0.39, 0.29) is 12.5 Å². The molecule has 0 bridgehead atoms. The number of rotatable bonds is 7. The number of para-hydroxylation sites is 2. The van der Waals surface area contributed by atoms with Gasteiger partial charge in [0.2, 0.25) is 0 Å².